The van der Waals surface area contributed by atoms with E-state index in [1.807, 2.05) is 12.1 Å². The van der Waals surface area contributed by atoms with E-state index in [1.54, 1.807) is 0 Å². The summed E-state index contributed by atoms with van der Waals surface area (Å²) in [4.78, 5) is 11.4. The Bertz CT molecular complexity index is 657. The van der Waals surface area contributed by atoms with E-state index in [0.29, 0.717) is 0 Å². The molecule has 2 aromatic carbocycles. The molecule has 0 heterocycles. The summed E-state index contributed by atoms with van der Waals surface area (Å²) in [5.74, 6) is -0.581. The van der Waals surface area contributed by atoms with Crippen molar-refractivity contribution in [1.29, 1.82) is 0 Å². The van der Waals surface area contributed by atoms with Gasteiger partial charge in [0, 0.05) is 0 Å². The topological polar surface area (TPSA) is 37.3 Å². The smallest absolute Gasteiger partial charge is 0.303 e. The van der Waals surface area contributed by atoms with Gasteiger partial charge in [0.2, 0.25) is 0 Å². The lowest BCUT2D eigenvalue weighted by Gasteiger charge is -2.18. The zero-order valence-corrected chi connectivity index (χ0v) is 16.3. The number of hydrogen-bond donors (Lipinski definition) is 1. The fourth-order valence-electron chi connectivity index (χ4n) is 3.89. The minimum absolute atomic E-state index is 0.114. The maximum absolute atomic E-state index is 11.4. The summed E-state index contributed by atoms with van der Waals surface area (Å²) in [6.45, 7) is 2.25. The van der Waals surface area contributed by atoms with Gasteiger partial charge in [-0.25, -0.2) is 0 Å². The molecule has 1 unspecified atom stereocenters. The van der Waals surface area contributed by atoms with Gasteiger partial charge in [0.25, 0.3) is 0 Å². The van der Waals surface area contributed by atoms with E-state index in [4.69, 9.17) is 0 Å². The van der Waals surface area contributed by atoms with Crippen molar-refractivity contribution in [2.75, 3.05) is 0 Å². The molecular formula is C24H34O2. The van der Waals surface area contributed by atoms with Crippen molar-refractivity contribution >= 4 is 16.7 Å². The Balaban J connectivity index is 1.85. The van der Waals surface area contributed by atoms with E-state index >= 15 is 0 Å². The highest BCUT2D eigenvalue weighted by molar-refractivity contribution is 5.86. The minimum atomic E-state index is -0.696. The predicted octanol–water partition coefficient (Wildman–Crippen LogP) is 7.32. The Kier molecular flexibility index (Phi) is 9.23. The Morgan fingerprint density at radius 3 is 2.15 bits per heavy atom. The molecule has 2 nitrogen and oxygen atoms in total. The Labute approximate surface area is 158 Å². The van der Waals surface area contributed by atoms with Crippen LogP contribution in [0.15, 0.2) is 42.5 Å². The number of fused-ring (bicyclic) bond motifs is 1. The molecule has 0 aliphatic heterocycles. The summed E-state index contributed by atoms with van der Waals surface area (Å²) in [6.07, 6.45) is 12.9. The van der Waals surface area contributed by atoms with Gasteiger partial charge in [-0.15, -0.1) is 0 Å². The largest absolute Gasteiger partial charge is 0.481 e. The third-order valence-corrected chi connectivity index (χ3v) is 5.34. The molecule has 0 aliphatic rings. The first-order valence-corrected chi connectivity index (χ1v) is 10.4. The molecule has 0 saturated heterocycles. The first-order valence-electron chi connectivity index (χ1n) is 10.4. The number of benzene rings is 2. The maximum Gasteiger partial charge on any atom is 0.303 e. The molecule has 26 heavy (non-hydrogen) atoms. The van der Waals surface area contributed by atoms with E-state index in [2.05, 4.69) is 37.3 Å². The number of aliphatic carboxylic acids is 1. The normalized spacial score (nSPS) is 12.3. The van der Waals surface area contributed by atoms with Crippen molar-refractivity contribution < 1.29 is 9.90 Å². The van der Waals surface area contributed by atoms with Crippen molar-refractivity contribution in [2.45, 2.75) is 83.5 Å². The van der Waals surface area contributed by atoms with Crippen LogP contribution < -0.4 is 0 Å². The summed E-state index contributed by atoms with van der Waals surface area (Å²) < 4.78 is 0. The molecule has 0 spiro atoms. The zero-order valence-electron chi connectivity index (χ0n) is 16.3. The average Bonchev–Trinajstić information content (AvgIpc) is 2.65. The monoisotopic (exact) mass is 354 g/mol. The van der Waals surface area contributed by atoms with Gasteiger partial charge in [-0.1, -0.05) is 107 Å². The van der Waals surface area contributed by atoms with E-state index in [-0.39, 0.29) is 12.3 Å². The highest BCUT2D eigenvalue weighted by Crippen LogP contribution is 2.32. The molecule has 1 atom stereocenters. The number of rotatable bonds is 13. The molecule has 0 amide bonds. The lowest BCUT2D eigenvalue weighted by Crippen LogP contribution is -2.07. The summed E-state index contributed by atoms with van der Waals surface area (Å²) in [7, 11) is 0. The highest BCUT2D eigenvalue weighted by atomic mass is 16.4. The van der Waals surface area contributed by atoms with Crippen LogP contribution >= 0.6 is 0 Å². The second-order valence-corrected chi connectivity index (χ2v) is 7.48. The standard InChI is InChI=1S/C24H34O2/c1-2-3-4-5-6-7-8-9-10-15-21(19-24(25)26)23-18-13-16-20-14-11-12-17-22(20)23/h11-14,16-18,21H,2-10,15,19H2,1H3,(H,25,26). The van der Waals surface area contributed by atoms with E-state index in [0.717, 1.165) is 12.8 Å². The third kappa shape index (κ3) is 6.82. The highest BCUT2D eigenvalue weighted by Gasteiger charge is 2.17. The van der Waals surface area contributed by atoms with E-state index < -0.39 is 5.97 Å². The van der Waals surface area contributed by atoms with Crippen LogP contribution in [0.3, 0.4) is 0 Å². The van der Waals surface area contributed by atoms with E-state index in [1.165, 1.54) is 67.7 Å². The molecule has 0 radical (unpaired) electrons. The summed E-state index contributed by atoms with van der Waals surface area (Å²) >= 11 is 0. The van der Waals surface area contributed by atoms with Crippen LogP contribution in [0, 0.1) is 0 Å². The molecular weight excluding hydrogens is 320 g/mol. The number of carboxylic acids is 1. The van der Waals surface area contributed by atoms with Crippen LogP contribution in [-0.4, -0.2) is 11.1 Å². The van der Waals surface area contributed by atoms with Gasteiger partial charge >= 0.3 is 5.97 Å². The molecule has 2 heteroatoms. The Hall–Kier alpha value is -1.83. The SMILES string of the molecule is CCCCCCCCCCCC(CC(=O)O)c1cccc2ccccc12. The van der Waals surface area contributed by atoms with Crippen molar-refractivity contribution in [3.63, 3.8) is 0 Å². The lowest BCUT2D eigenvalue weighted by atomic mass is 9.87. The van der Waals surface area contributed by atoms with Gasteiger partial charge in [0.1, 0.15) is 0 Å². The molecule has 2 rings (SSSR count). The molecule has 1 N–H and O–H groups in total. The molecule has 0 bridgehead atoms. The lowest BCUT2D eigenvalue weighted by molar-refractivity contribution is -0.137. The van der Waals surface area contributed by atoms with Crippen molar-refractivity contribution in [3.05, 3.63) is 48.0 Å². The van der Waals surface area contributed by atoms with Gasteiger partial charge in [-0.2, -0.15) is 0 Å². The fourth-order valence-corrected chi connectivity index (χ4v) is 3.89. The fraction of sp³-hybridized carbons (Fsp3) is 0.542. The molecule has 0 fully saturated rings. The Morgan fingerprint density at radius 1 is 0.846 bits per heavy atom. The first-order chi connectivity index (χ1) is 12.7. The zero-order chi connectivity index (χ0) is 18.6. The first kappa shape index (κ1) is 20.5. The third-order valence-electron chi connectivity index (χ3n) is 5.34. The molecule has 0 aromatic heterocycles. The predicted molar refractivity (Wildman–Crippen MR) is 111 cm³/mol. The molecule has 142 valence electrons. The number of carboxylic acid groups (broad SMARTS) is 1. The van der Waals surface area contributed by atoms with Crippen LogP contribution in [-0.2, 0) is 4.79 Å². The van der Waals surface area contributed by atoms with Crippen LogP contribution in [0.5, 0.6) is 0 Å². The van der Waals surface area contributed by atoms with Gasteiger partial charge in [0.05, 0.1) is 6.42 Å². The average molecular weight is 355 g/mol. The minimum Gasteiger partial charge on any atom is -0.481 e. The second-order valence-electron chi connectivity index (χ2n) is 7.48. The summed E-state index contributed by atoms with van der Waals surface area (Å²) in [5.41, 5.74) is 1.20. The molecule has 2 aromatic rings. The van der Waals surface area contributed by atoms with Crippen LogP contribution in [0.25, 0.3) is 10.8 Å². The number of hydrogen-bond acceptors (Lipinski definition) is 1. The molecule has 0 saturated carbocycles. The van der Waals surface area contributed by atoms with Crippen molar-refractivity contribution in [1.82, 2.24) is 0 Å². The van der Waals surface area contributed by atoms with E-state index in [9.17, 15) is 9.90 Å². The quantitative estimate of drug-likeness (QED) is 0.383. The van der Waals surface area contributed by atoms with Crippen LogP contribution in [0.1, 0.15) is 89.0 Å². The van der Waals surface area contributed by atoms with Crippen LogP contribution in [0.2, 0.25) is 0 Å². The van der Waals surface area contributed by atoms with Crippen molar-refractivity contribution in [2.24, 2.45) is 0 Å². The maximum atomic E-state index is 11.4. The van der Waals surface area contributed by atoms with Crippen LogP contribution in [0.4, 0.5) is 0 Å². The summed E-state index contributed by atoms with van der Waals surface area (Å²) in [5, 5.41) is 11.8. The van der Waals surface area contributed by atoms with Gasteiger partial charge in [0.15, 0.2) is 0 Å². The number of unbranched alkanes of at least 4 members (excludes halogenated alkanes) is 8. The van der Waals surface area contributed by atoms with Gasteiger partial charge < -0.3 is 5.11 Å². The second kappa shape index (κ2) is 11.7. The summed E-state index contributed by atoms with van der Waals surface area (Å²) in [6, 6.07) is 14.6. The van der Waals surface area contributed by atoms with Gasteiger partial charge in [-0.3, -0.25) is 4.79 Å². The molecule has 0 aliphatic carbocycles. The Morgan fingerprint density at radius 2 is 1.46 bits per heavy atom. The number of carbonyl (C=O) groups is 1. The van der Waals surface area contributed by atoms with Gasteiger partial charge in [-0.05, 0) is 28.7 Å². The van der Waals surface area contributed by atoms with Crippen molar-refractivity contribution in [3.8, 4) is 0 Å².